The van der Waals surface area contributed by atoms with Crippen LogP contribution in [-0.4, -0.2) is 16.3 Å². The highest BCUT2D eigenvalue weighted by atomic mass is 35.5. The molecule has 0 radical (unpaired) electrons. The van der Waals surface area contributed by atoms with E-state index in [4.69, 9.17) is 28.7 Å². The zero-order valence-corrected chi connectivity index (χ0v) is 11.2. The summed E-state index contributed by atoms with van der Waals surface area (Å²) in [6.45, 7) is 0. The highest BCUT2D eigenvalue weighted by molar-refractivity contribution is 6.49. The predicted octanol–water partition coefficient (Wildman–Crippen LogP) is 3.90. The van der Waals surface area contributed by atoms with Gasteiger partial charge in [0.15, 0.2) is 0 Å². The van der Waals surface area contributed by atoms with Crippen LogP contribution in [0.3, 0.4) is 0 Å². The Balaban J connectivity index is 2.38. The van der Waals surface area contributed by atoms with Gasteiger partial charge in [0.2, 0.25) is 0 Å². The fourth-order valence-electron chi connectivity index (χ4n) is 1.58. The van der Waals surface area contributed by atoms with E-state index in [2.05, 4.69) is 4.79 Å². The second-order valence-electron chi connectivity index (χ2n) is 3.79. The van der Waals surface area contributed by atoms with Crippen LogP contribution in [0.5, 0.6) is 0 Å². The summed E-state index contributed by atoms with van der Waals surface area (Å²) in [7, 11) is 0. The molecule has 0 heterocycles. The van der Waals surface area contributed by atoms with Crippen LogP contribution >= 0.6 is 23.2 Å². The molecule has 0 unspecified atom stereocenters. The van der Waals surface area contributed by atoms with Crippen molar-refractivity contribution in [3.8, 4) is 0 Å². The minimum Gasteiger partial charge on any atom is -0.361 e. The van der Waals surface area contributed by atoms with Gasteiger partial charge in [0.25, 0.3) is 5.78 Å². The summed E-state index contributed by atoms with van der Waals surface area (Å²) < 4.78 is 0. The summed E-state index contributed by atoms with van der Waals surface area (Å²) in [5, 5.41) is 1.07. The number of ketones is 1. The average molecular weight is 291 g/mol. The molecule has 5 heteroatoms. The van der Waals surface area contributed by atoms with Crippen molar-refractivity contribution in [2.75, 3.05) is 0 Å². The van der Waals surface area contributed by atoms with Gasteiger partial charge < -0.3 is 5.53 Å². The molecule has 0 saturated carbocycles. The lowest BCUT2D eigenvalue weighted by atomic mass is 10.0. The molecule has 0 N–H and O–H groups in total. The number of benzene rings is 2. The Bertz CT molecular complexity index is 657. The molecule has 3 nitrogen and oxygen atoms in total. The number of carbonyl (C=O) groups excluding carboxylic acids is 1. The van der Waals surface area contributed by atoms with E-state index in [9.17, 15) is 4.79 Å². The van der Waals surface area contributed by atoms with Crippen molar-refractivity contribution in [3.63, 3.8) is 0 Å². The first kappa shape index (κ1) is 13.5. The topological polar surface area (TPSA) is 53.5 Å². The van der Waals surface area contributed by atoms with Crippen LogP contribution in [-0.2, 0) is 0 Å². The van der Waals surface area contributed by atoms with Crippen LogP contribution in [0.4, 0.5) is 0 Å². The lowest BCUT2D eigenvalue weighted by Gasteiger charge is -1.98. The van der Waals surface area contributed by atoms with E-state index in [1.165, 1.54) is 0 Å². The number of halogens is 2. The molecule has 0 aromatic heterocycles. The summed E-state index contributed by atoms with van der Waals surface area (Å²) in [5.74, 6) is -0.388. The predicted molar refractivity (Wildman–Crippen MR) is 75.0 cm³/mol. The maximum Gasteiger partial charge on any atom is 0.369 e. The standard InChI is InChI=1S/C14H8Cl2N2O/c15-11-5-1-9(2-6-11)13(18-17)14(19)10-3-7-12(16)8-4-10/h1-8H. The third kappa shape index (κ3) is 3.09. The van der Waals surface area contributed by atoms with E-state index >= 15 is 0 Å². The summed E-state index contributed by atoms with van der Waals surface area (Å²) in [5.41, 5.74) is 9.89. The third-order valence-electron chi connectivity index (χ3n) is 2.54. The van der Waals surface area contributed by atoms with E-state index < -0.39 is 0 Å². The first-order valence-corrected chi connectivity index (χ1v) is 6.15. The fraction of sp³-hybridized carbons (Fsp3) is 0. The second kappa shape index (κ2) is 5.81. The largest absolute Gasteiger partial charge is 0.369 e. The van der Waals surface area contributed by atoms with Gasteiger partial charge in [0.1, 0.15) is 0 Å². The zero-order chi connectivity index (χ0) is 13.8. The van der Waals surface area contributed by atoms with E-state index in [1.807, 2.05) is 0 Å². The van der Waals surface area contributed by atoms with Crippen LogP contribution in [0.15, 0.2) is 48.5 Å². The summed E-state index contributed by atoms with van der Waals surface area (Å²) in [4.78, 5) is 15.3. The first-order chi connectivity index (χ1) is 9.11. The van der Waals surface area contributed by atoms with Crippen molar-refractivity contribution >= 4 is 34.7 Å². The number of hydrogen-bond donors (Lipinski definition) is 0. The molecule has 19 heavy (non-hydrogen) atoms. The van der Waals surface area contributed by atoms with Crippen molar-refractivity contribution < 1.29 is 9.58 Å². The van der Waals surface area contributed by atoms with Gasteiger partial charge in [-0.05, 0) is 48.5 Å². The molecular weight excluding hydrogens is 283 g/mol. The highest BCUT2D eigenvalue weighted by Gasteiger charge is 2.24. The quantitative estimate of drug-likeness (QED) is 0.366. The molecule has 2 rings (SSSR count). The van der Waals surface area contributed by atoms with Crippen molar-refractivity contribution in [2.24, 2.45) is 0 Å². The molecule has 0 bridgehead atoms. The molecule has 0 amide bonds. The van der Waals surface area contributed by atoms with Crippen molar-refractivity contribution in [3.05, 3.63) is 75.2 Å². The van der Waals surface area contributed by atoms with Crippen LogP contribution in [0.1, 0.15) is 15.9 Å². The lowest BCUT2D eigenvalue weighted by molar-refractivity contribution is -0.00497. The fourth-order valence-corrected chi connectivity index (χ4v) is 1.83. The number of nitrogens with zero attached hydrogens (tertiary/aromatic N) is 2. The van der Waals surface area contributed by atoms with E-state index in [0.29, 0.717) is 21.2 Å². The Hall–Kier alpha value is -1.93. The molecule has 94 valence electrons. The van der Waals surface area contributed by atoms with Crippen molar-refractivity contribution in [1.82, 2.24) is 0 Å². The summed E-state index contributed by atoms with van der Waals surface area (Å²) in [6.07, 6.45) is 0. The average Bonchev–Trinajstić information content (AvgIpc) is 2.42. The van der Waals surface area contributed by atoms with Gasteiger partial charge in [0, 0.05) is 15.6 Å². The van der Waals surface area contributed by atoms with E-state index in [-0.39, 0.29) is 11.5 Å². The Morgan fingerprint density at radius 2 is 1.26 bits per heavy atom. The molecule has 2 aromatic rings. The number of carbonyl (C=O) groups is 1. The Morgan fingerprint density at radius 3 is 1.68 bits per heavy atom. The molecule has 2 aromatic carbocycles. The Morgan fingerprint density at radius 1 is 0.842 bits per heavy atom. The Kier molecular flexibility index (Phi) is 4.13. The second-order valence-corrected chi connectivity index (χ2v) is 4.66. The van der Waals surface area contributed by atoms with E-state index in [0.717, 1.165) is 0 Å². The normalized spacial score (nSPS) is 9.79. The van der Waals surface area contributed by atoms with Crippen molar-refractivity contribution in [1.29, 1.82) is 0 Å². The van der Waals surface area contributed by atoms with Gasteiger partial charge in [0.05, 0.1) is 5.56 Å². The molecule has 0 spiro atoms. The van der Waals surface area contributed by atoms with Crippen LogP contribution in [0.2, 0.25) is 10.0 Å². The minimum atomic E-state index is -0.388. The Labute approximate surface area is 120 Å². The van der Waals surface area contributed by atoms with Crippen molar-refractivity contribution in [2.45, 2.75) is 0 Å². The van der Waals surface area contributed by atoms with Gasteiger partial charge in [-0.25, -0.2) is 0 Å². The number of Topliss-reactive ketones (excluding diaryl/α,β-unsaturated/α-hetero) is 1. The SMILES string of the molecule is [N-]=[N+]=C(C(=O)c1ccc(Cl)cc1)c1ccc(Cl)cc1. The first-order valence-electron chi connectivity index (χ1n) is 5.40. The molecular formula is C14H8Cl2N2O. The van der Waals surface area contributed by atoms with Crippen LogP contribution < -0.4 is 0 Å². The van der Waals surface area contributed by atoms with Gasteiger partial charge >= 0.3 is 5.71 Å². The van der Waals surface area contributed by atoms with Gasteiger partial charge in [-0.3, -0.25) is 4.79 Å². The summed E-state index contributed by atoms with van der Waals surface area (Å²) >= 11 is 11.5. The van der Waals surface area contributed by atoms with Crippen LogP contribution in [0.25, 0.3) is 5.53 Å². The lowest BCUT2D eigenvalue weighted by Crippen LogP contribution is -2.16. The number of rotatable bonds is 3. The molecule has 0 aliphatic heterocycles. The maximum absolute atomic E-state index is 12.2. The highest BCUT2D eigenvalue weighted by Crippen LogP contribution is 2.14. The smallest absolute Gasteiger partial charge is 0.361 e. The molecule has 0 aliphatic rings. The molecule has 0 aliphatic carbocycles. The molecule has 0 saturated heterocycles. The minimum absolute atomic E-state index is 0.0426. The number of hydrogen-bond acceptors (Lipinski definition) is 1. The van der Waals surface area contributed by atoms with Crippen LogP contribution in [0, 0.1) is 0 Å². The van der Waals surface area contributed by atoms with Gasteiger partial charge in [-0.15, -0.1) is 0 Å². The molecule has 0 fully saturated rings. The zero-order valence-electron chi connectivity index (χ0n) is 9.68. The summed E-state index contributed by atoms with van der Waals surface area (Å²) in [6, 6.07) is 12.8. The monoisotopic (exact) mass is 290 g/mol. The van der Waals surface area contributed by atoms with Gasteiger partial charge in [-0.2, -0.15) is 4.79 Å². The van der Waals surface area contributed by atoms with E-state index in [1.54, 1.807) is 48.5 Å². The molecule has 0 atom stereocenters. The van der Waals surface area contributed by atoms with Gasteiger partial charge in [-0.1, -0.05) is 23.2 Å². The third-order valence-corrected chi connectivity index (χ3v) is 3.04. The maximum atomic E-state index is 12.2.